The summed E-state index contributed by atoms with van der Waals surface area (Å²) in [7, 11) is -1.58. The molecule has 1 atom stereocenters. The Kier molecular flexibility index (Phi) is 7.84. The number of anilines is 1. The summed E-state index contributed by atoms with van der Waals surface area (Å²) in [4.78, 5) is 32.8. The summed E-state index contributed by atoms with van der Waals surface area (Å²) in [5, 5.41) is 2.24. The lowest BCUT2D eigenvalue weighted by atomic mass is 10.0. The van der Waals surface area contributed by atoms with Crippen LogP contribution in [0.15, 0.2) is 58.6 Å². The molecule has 0 aliphatic rings. The van der Waals surface area contributed by atoms with Crippen molar-refractivity contribution in [1.82, 2.24) is 19.9 Å². The van der Waals surface area contributed by atoms with E-state index >= 15 is 4.39 Å². The van der Waals surface area contributed by atoms with Gasteiger partial charge in [-0.1, -0.05) is 18.5 Å². The highest BCUT2D eigenvalue weighted by molar-refractivity contribution is 7.92. The van der Waals surface area contributed by atoms with E-state index in [1.54, 1.807) is 6.92 Å². The fourth-order valence-corrected chi connectivity index (χ4v) is 5.46. The van der Waals surface area contributed by atoms with Gasteiger partial charge in [-0.15, -0.1) is 0 Å². The van der Waals surface area contributed by atoms with Gasteiger partial charge in [0, 0.05) is 37.0 Å². The lowest BCUT2D eigenvalue weighted by Crippen LogP contribution is -2.32. The number of aromatic nitrogens is 3. The number of nitrogens with zero attached hydrogens (tertiary/aromatic N) is 3. The molecule has 0 radical (unpaired) electrons. The maximum absolute atomic E-state index is 15.2. The Morgan fingerprint density at radius 3 is 2.59 bits per heavy atom. The fraction of sp³-hybridized carbons (Fsp3) is 0.200. The molecule has 2 aromatic carbocycles. The second-order valence-corrected chi connectivity index (χ2v) is 10.6. The van der Waals surface area contributed by atoms with Crippen LogP contribution in [0.3, 0.4) is 0 Å². The van der Waals surface area contributed by atoms with E-state index in [1.807, 2.05) is 0 Å². The van der Waals surface area contributed by atoms with Gasteiger partial charge in [-0.05, 0) is 30.3 Å². The van der Waals surface area contributed by atoms with Gasteiger partial charge in [-0.2, -0.15) is 0 Å². The number of fused-ring (bicyclic) bond motifs is 1. The Morgan fingerprint density at radius 2 is 1.92 bits per heavy atom. The average molecular weight is 578 g/mol. The smallest absolute Gasteiger partial charge is 0.263 e. The number of carbonyl (C=O) groups excluding carboxylic acids is 1. The van der Waals surface area contributed by atoms with Gasteiger partial charge in [-0.3, -0.25) is 18.9 Å². The molecule has 0 saturated carbocycles. The zero-order valence-corrected chi connectivity index (χ0v) is 22.4. The quantitative estimate of drug-likeness (QED) is 0.327. The first-order valence-corrected chi connectivity index (χ1v) is 13.2. The first kappa shape index (κ1) is 27.9. The molecule has 2 aromatic heterocycles. The third-order valence-electron chi connectivity index (χ3n) is 5.86. The monoisotopic (exact) mass is 577 g/mol. The zero-order chi connectivity index (χ0) is 28.5. The van der Waals surface area contributed by atoms with Gasteiger partial charge in [0.2, 0.25) is 11.8 Å². The second-order valence-electron chi connectivity index (χ2n) is 8.53. The van der Waals surface area contributed by atoms with Gasteiger partial charge in [0.15, 0.2) is 0 Å². The summed E-state index contributed by atoms with van der Waals surface area (Å²) in [6.45, 7) is 1.70. The van der Waals surface area contributed by atoms with Gasteiger partial charge in [0.25, 0.3) is 15.6 Å². The minimum absolute atomic E-state index is 0.0517. The second kappa shape index (κ2) is 10.9. The molecule has 0 fully saturated rings. The van der Waals surface area contributed by atoms with Crippen LogP contribution in [0, 0.1) is 17.6 Å². The largest absolute Gasteiger partial charge is 0.480 e. The molecule has 4 rings (SSSR count). The predicted octanol–water partition coefficient (Wildman–Crippen LogP) is 3.58. The summed E-state index contributed by atoms with van der Waals surface area (Å²) in [6.07, 6.45) is 2.49. The van der Waals surface area contributed by atoms with Crippen molar-refractivity contribution in [3.63, 3.8) is 0 Å². The first-order valence-electron chi connectivity index (χ1n) is 11.4. The van der Waals surface area contributed by atoms with Crippen molar-refractivity contribution in [2.75, 3.05) is 18.9 Å². The summed E-state index contributed by atoms with van der Waals surface area (Å²) < 4.78 is 63.2. The van der Waals surface area contributed by atoms with E-state index in [0.717, 1.165) is 24.3 Å². The molecule has 0 saturated heterocycles. The molecule has 0 bridgehead atoms. The molecule has 0 aliphatic heterocycles. The number of benzene rings is 2. The third-order valence-corrected chi connectivity index (χ3v) is 7.71. The first-order chi connectivity index (χ1) is 18.4. The lowest BCUT2D eigenvalue weighted by molar-refractivity contribution is -0.124. The Labute approximate surface area is 226 Å². The maximum Gasteiger partial charge on any atom is 0.263 e. The normalized spacial score (nSPS) is 12.3. The number of nitrogens with one attached hydrogen (secondary N) is 2. The van der Waals surface area contributed by atoms with Gasteiger partial charge in [0.05, 0.1) is 35.3 Å². The number of pyridine rings is 1. The highest BCUT2D eigenvalue weighted by atomic mass is 35.5. The van der Waals surface area contributed by atoms with Gasteiger partial charge in [-0.25, -0.2) is 27.2 Å². The number of carbonyl (C=O) groups is 1. The minimum Gasteiger partial charge on any atom is -0.480 e. The van der Waals surface area contributed by atoms with E-state index < -0.39 is 38.0 Å². The van der Waals surface area contributed by atoms with Crippen molar-refractivity contribution >= 4 is 44.1 Å². The van der Waals surface area contributed by atoms with E-state index in [2.05, 4.69) is 20.0 Å². The van der Waals surface area contributed by atoms with Crippen molar-refractivity contribution in [2.45, 2.75) is 18.4 Å². The van der Waals surface area contributed by atoms with Crippen LogP contribution in [0.2, 0.25) is 5.02 Å². The number of hydrogen-bond donors (Lipinski definition) is 2. The third kappa shape index (κ3) is 5.68. The van der Waals surface area contributed by atoms with E-state index in [9.17, 15) is 22.4 Å². The zero-order valence-electron chi connectivity index (χ0n) is 20.8. The number of hydrogen-bond acceptors (Lipinski definition) is 7. The molecule has 2 N–H and O–H groups in total. The van der Waals surface area contributed by atoms with Gasteiger partial charge in [0.1, 0.15) is 22.2 Å². The van der Waals surface area contributed by atoms with Gasteiger partial charge >= 0.3 is 0 Å². The molecule has 2 heterocycles. The van der Waals surface area contributed by atoms with Crippen molar-refractivity contribution < 1.29 is 26.7 Å². The summed E-state index contributed by atoms with van der Waals surface area (Å²) in [6, 6.07) is 6.41. The maximum atomic E-state index is 15.2. The van der Waals surface area contributed by atoms with Crippen LogP contribution in [-0.2, 0) is 21.4 Å². The van der Waals surface area contributed by atoms with Crippen LogP contribution in [0.1, 0.15) is 6.92 Å². The molecule has 39 heavy (non-hydrogen) atoms. The molecule has 0 unspecified atom stereocenters. The van der Waals surface area contributed by atoms with Crippen LogP contribution in [0.5, 0.6) is 5.88 Å². The number of halogens is 3. The topological polar surface area (TPSA) is 132 Å². The number of rotatable bonds is 8. The number of methoxy groups -OCH3 is 1. The molecular weight excluding hydrogens is 556 g/mol. The molecule has 4 aromatic rings. The fourth-order valence-electron chi connectivity index (χ4n) is 3.88. The minimum atomic E-state index is -4.33. The van der Waals surface area contributed by atoms with Crippen LogP contribution in [0.25, 0.3) is 22.0 Å². The van der Waals surface area contributed by atoms with E-state index in [-0.39, 0.29) is 51.1 Å². The van der Waals surface area contributed by atoms with E-state index in [0.29, 0.717) is 0 Å². The van der Waals surface area contributed by atoms with Gasteiger partial charge < -0.3 is 10.1 Å². The summed E-state index contributed by atoms with van der Waals surface area (Å²) in [5.74, 6) is -2.38. The predicted molar refractivity (Wildman–Crippen MR) is 141 cm³/mol. The summed E-state index contributed by atoms with van der Waals surface area (Å²) in [5.41, 5.74) is -0.498. The van der Waals surface area contributed by atoms with Crippen LogP contribution < -0.4 is 20.3 Å². The molecule has 204 valence electrons. The highest BCUT2D eigenvalue weighted by Gasteiger charge is 2.22. The van der Waals surface area contributed by atoms with Crippen LogP contribution in [0.4, 0.5) is 14.5 Å². The Bertz CT molecular complexity index is 1760. The van der Waals surface area contributed by atoms with E-state index in [4.69, 9.17) is 16.3 Å². The van der Waals surface area contributed by atoms with E-state index in [1.165, 1.54) is 43.4 Å². The highest BCUT2D eigenvalue weighted by Crippen LogP contribution is 2.33. The Balaban J connectivity index is 1.78. The molecule has 14 heteroatoms. The molecule has 10 nitrogen and oxygen atoms in total. The SMILES string of the molecule is CNC(=O)[C@@H](C)Cn1cnc2cc(F)c(-c3cnc(OC)c(NS(=O)(=O)c4ccc(F)cc4Cl)c3)cc2c1=O. The van der Waals surface area contributed by atoms with Crippen LogP contribution >= 0.6 is 11.6 Å². The van der Waals surface area contributed by atoms with Crippen LogP contribution in [-0.4, -0.2) is 43.0 Å². The number of sulfonamides is 1. The molecule has 0 aliphatic carbocycles. The standard InChI is InChI=1S/C25H22ClF2N5O5S/c1-13(23(34)29-2)11-33-12-31-20-9-19(28)16(8-17(20)25(33)35)14-6-21(24(38-3)30-10-14)32-39(36,37)22-5-4-15(27)7-18(22)26/h4-10,12-13,32H,11H2,1-3H3,(H,29,34)/t13-/m0/s1. The lowest BCUT2D eigenvalue weighted by Gasteiger charge is -2.14. The number of ether oxygens (including phenoxy) is 1. The van der Waals surface area contributed by atoms with Crippen molar-refractivity contribution in [3.8, 4) is 17.0 Å². The number of amides is 1. The molecule has 0 spiro atoms. The van der Waals surface area contributed by atoms with Crippen molar-refractivity contribution in [1.29, 1.82) is 0 Å². The molecular formula is C25H22ClF2N5O5S. The van der Waals surface area contributed by atoms with Crippen molar-refractivity contribution in [3.05, 3.63) is 75.9 Å². The summed E-state index contributed by atoms with van der Waals surface area (Å²) >= 11 is 5.93. The average Bonchev–Trinajstić information content (AvgIpc) is 2.89. The Morgan fingerprint density at radius 1 is 1.18 bits per heavy atom. The Hall–Kier alpha value is -4.10. The molecule has 1 amide bonds. The van der Waals surface area contributed by atoms with Crippen molar-refractivity contribution in [2.24, 2.45) is 5.92 Å².